The lowest BCUT2D eigenvalue weighted by Gasteiger charge is -2.04. The summed E-state index contributed by atoms with van der Waals surface area (Å²) in [5.74, 6) is 1.81. The number of nitrogens with one attached hydrogen (secondary N) is 1. The number of aromatic nitrogens is 4. The highest BCUT2D eigenvalue weighted by Gasteiger charge is 2.11. The number of hydrogen-bond acceptors (Lipinski definition) is 7. The SMILES string of the molecule is CCc1cc2c(NCc3noc(C)n3)nc(Cl)nc2s1. The molecule has 0 unspecified atom stereocenters. The normalized spacial score (nSPS) is 11.2. The van der Waals surface area contributed by atoms with Crippen LogP contribution in [0.25, 0.3) is 10.2 Å². The third-order valence-electron chi connectivity index (χ3n) is 2.75. The summed E-state index contributed by atoms with van der Waals surface area (Å²) in [4.78, 5) is 14.7. The van der Waals surface area contributed by atoms with E-state index in [2.05, 4.69) is 38.4 Å². The summed E-state index contributed by atoms with van der Waals surface area (Å²) >= 11 is 7.58. The third-order valence-corrected chi connectivity index (χ3v) is 4.09. The molecule has 0 aliphatic carbocycles. The molecule has 0 saturated heterocycles. The minimum Gasteiger partial charge on any atom is -0.362 e. The van der Waals surface area contributed by atoms with Crippen molar-refractivity contribution in [1.82, 2.24) is 20.1 Å². The van der Waals surface area contributed by atoms with Crippen molar-refractivity contribution in [2.24, 2.45) is 0 Å². The molecule has 0 fully saturated rings. The number of aryl methyl sites for hydroxylation is 2. The van der Waals surface area contributed by atoms with Gasteiger partial charge in [0.15, 0.2) is 5.82 Å². The Kier molecular flexibility index (Phi) is 3.54. The van der Waals surface area contributed by atoms with Crippen molar-refractivity contribution in [1.29, 1.82) is 0 Å². The molecule has 0 bridgehead atoms. The molecular weight excluding hydrogens is 298 g/mol. The van der Waals surface area contributed by atoms with Crippen LogP contribution in [0.5, 0.6) is 0 Å². The van der Waals surface area contributed by atoms with E-state index in [1.165, 1.54) is 4.88 Å². The maximum Gasteiger partial charge on any atom is 0.225 e. The molecule has 8 heteroatoms. The topological polar surface area (TPSA) is 76.7 Å². The highest BCUT2D eigenvalue weighted by atomic mass is 35.5. The first-order valence-corrected chi connectivity index (χ1v) is 7.34. The molecule has 3 rings (SSSR count). The van der Waals surface area contributed by atoms with Gasteiger partial charge < -0.3 is 9.84 Å². The number of nitrogens with zero attached hydrogens (tertiary/aromatic N) is 4. The van der Waals surface area contributed by atoms with Crippen LogP contribution in [-0.4, -0.2) is 20.1 Å². The molecule has 0 aliphatic heterocycles. The molecule has 104 valence electrons. The van der Waals surface area contributed by atoms with Crippen molar-refractivity contribution < 1.29 is 4.52 Å². The summed E-state index contributed by atoms with van der Waals surface area (Å²) < 4.78 is 4.93. The first kappa shape index (κ1) is 13.3. The molecule has 6 nitrogen and oxygen atoms in total. The van der Waals surface area contributed by atoms with Crippen LogP contribution < -0.4 is 5.32 Å². The van der Waals surface area contributed by atoms with E-state index in [-0.39, 0.29) is 5.28 Å². The fourth-order valence-corrected chi connectivity index (χ4v) is 3.02. The molecule has 3 aromatic rings. The Bertz CT molecular complexity index is 753. The van der Waals surface area contributed by atoms with Crippen molar-refractivity contribution in [2.45, 2.75) is 26.8 Å². The first-order valence-electron chi connectivity index (χ1n) is 6.14. The number of halogens is 1. The maximum atomic E-state index is 5.96. The Balaban J connectivity index is 1.91. The Morgan fingerprint density at radius 3 is 2.90 bits per heavy atom. The summed E-state index contributed by atoms with van der Waals surface area (Å²) in [6.07, 6.45) is 0.960. The zero-order valence-corrected chi connectivity index (χ0v) is 12.5. The predicted molar refractivity (Wildman–Crippen MR) is 78.2 cm³/mol. The molecule has 0 radical (unpaired) electrons. The van der Waals surface area contributed by atoms with Gasteiger partial charge in [0.25, 0.3) is 0 Å². The highest BCUT2D eigenvalue weighted by Crippen LogP contribution is 2.30. The Morgan fingerprint density at radius 1 is 1.35 bits per heavy atom. The van der Waals surface area contributed by atoms with Crippen LogP contribution in [0.3, 0.4) is 0 Å². The van der Waals surface area contributed by atoms with Gasteiger partial charge in [0.2, 0.25) is 11.2 Å². The van der Waals surface area contributed by atoms with Crippen molar-refractivity contribution in [3.8, 4) is 0 Å². The van der Waals surface area contributed by atoms with Crippen molar-refractivity contribution >= 4 is 39.0 Å². The predicted octanol–water partition coefficient (Wildman–Crippen LogP) is 3.21. The highest BCUT2D eigenvalue weighted by molar-refractivity contribution is 7.18. The number of anilines is 1. The van der Waals surface area contributed by atoms with Gasteiger partial charge in [0.1, 0.15) is 10.6 Å². The van der Waals surface area contributed by atoms with Gasteiger partial charge in [0.05, 0.1) is 11.9 Å². The second-order valence-corrected chi connectivity index (χ2v) is 5.66. The van der Waals surface area contributed by atoms with E-state index in [4.69, 9.17) is 16.1 Å². The zero-order chi connectivity index (χ0) is 14.1. The van der Waals surface area contributed by atoms with Gasteiger partial charge in [-0.25, -0.2) is 9.97 Å². The van der Waals surface area contributed by atoms with Gasteiger partial charge >= 0.3 is 0 Å². The number of hydrogen-bond donors (Lipinski definition) is 1. The molecule has 0 amide bonds. The molecule has 0 saturated carbocycles. The van der Waals surface area contributed by atoms with Gasteiger partial charge in [-0.05, 0) is 24.1 Å². The summed E-state index contributed by atoms with van der Waals surface area (Å²) in [6, 6.07) is 2.08. The van der Waals surface area contributed by atoms with E-state index in [0.717, 1.165) is 16.6 Å². The average Bonchev–Trinajstić information content (AvgIpc) is 3.01. The van der Waals surface area contributed by atoms with Crippen LogP contribution in [-0.2, 0) is 13.0 Å². The Hall–Kier alpha value is -1.73. The van der Waals surface area contributed by atoms with Gasteiger partial charge in [-0.2, -0.15) is 4.98 Å². The van der Waals surface area contributed by atoms with Gasteiger partial charge in [-0.15, -0.1) is 11.3 Å². The van der Waals surface area contributed by atoms with Crippen molar-refractivity contribution in [3.63, 3.8) is 0 Å². The van der Waals surface area contributed by atoms with Crippen LogP contribution in [0, 0.1) is 6.92 Å². The lowest BCUT2D eigenvalue weighted by Crippen LogP contribution is -2.04. The van der Waals surface area contributed by atoms with Crippen LogP contribution in [0.1, 0.15) is 23.5 Å². The van der Waals surface area contributed by atoms with E-state index >= 15 is 0 Å². The molecule has 0 aromatic carbocycles. The van der Waals surface area contributed by atoms with E-state index in [9.17, 15) is 0 Å². The fourth-order valence-electron chi connectivity index (χ4n) is 1.83. The second kappa shape index (κ2) is 5.34. The fraction of sp³-hybridized carbons (Fsp3) is 0.333. The lowest BCUT2D eigenvalue weighted by atomic mass is 10.3. The van der Waals surface area contributed by atoms with E-state index in [0.29, 0.717) is 24.1 Å². The molecule has 1 N–H and O–H groups in total. The summed E-state index contributed by atoms with van der Waals surface area (Å²) in [6.45, 7) is 4.29. The van der Waals surface area contributed by atoms with Gasteiger partial charge in [0, 0.05) is 11.8 Å². The van der Waals surface area contributed by atoms with E-state index < -0.39 is 0 Å². The van der Waals surface area contributed by atoms with Gasteiger partial charge in [-0.1, -0.05) is 12.1 Å². The molecule has 0 atom stereocenters. The summed E-state index contributed by atoms with van der Waals surface area (Å²) in [5.41, 5.74) is 0. The minimum absolute atomic E-state index is 0.230. The largest absolute Gasteiger partial charge is 0.362 e. The third kappa shape index (κ3) is 2.59. The first-order chi connectivity index (χ1) is 9.65. The van der Waals surface area contributed by atoms with Crippen LogP contribution >= 0.6 is 22.9 Å². The van der Waals surface area contributed by atoms with Crippen LogP contribution in [0.4, 0.5) is 5.82 Å². The van der Waals surface area contributed by atoms with Crippen LogP contribution in [0.2, 0.25) is 5.28 Å². The Morgan fingerprint density at radius 2 is 2.20 bits per heavy atom. The molecule has 0 spiro atoms. The average molecular weight is 310 g/mol. The minimum atomic E-state index is 0.230. The number of rotatable bonds is 4. The number of thiophene rings is 1. The quantitative estimate of drug-likeness (QED) is 0.746. The summed E-state index contributed by atoms with van der Waals surface area (Å²) in [5, 5.41) is 8.21. The summed E-state index contributed by atoms with van der Waals surface area (Å²) in [7, 11) is 0. The monoisotopic (exact) mass is 309 g/mol. The molecule has 0 aliphatic rings. The van der Waals surface area contributed by atoms with Crippen molar-refractivity contribution in [3.05, 3.63) is 27.9 Å². The molecule has 3 aromatic heterocycles. The standard InChI is InChI=1S/C12H12ClN5OS/c1-3-7-4-8-10(16-12(13)17-11(8)20-7)14-5-9-15-6(2)19-18-9/h4H,3,5H2,1-2H3,(H,14,16,17). The zero-order valence-electron chi connectivity index (χ0n) is 11.0. The van der Waals surface area contributed by atoms with Crippen LogP contribution in [0.15, 0.2) is 10.6 Å². The molecule has 20 heavy (non-hydrogen) atoms. The van der Waals surface area contributed by atoms with Crippen molar-refractivity contribution in [2.75, 3.05) is 5.32 Å². The molecular formula is C12H12ClN5OS. The lowest BCUT2D eigenvalue weighted by molar-refractivity contribution is 0.388. The molecule has 3 heterocycles. The van der Waals surface area contributed by atoms with E-state index in [1.54, 1.807) is 18.3 Å². The van der Waals surface area contributed by atoms with E-state index in [1.807, 2.05) is 0 Å². The number of fused-ring (bicyclic) bond motifs is 1. The van der Waals surface area contributed by atoms with Gasteiger partial charge in [-0.3, -0.25) is 0 Å². The smallest absolute Gasteiger partial charge is 0.225 e. The maximum absolute atomic E-state index is 5.96. The second-order valence-electron chi connectivity index (χ2n) is 4.21. The Labute approximate surface area is 124 Å².